The lowest BCUT2D eigenvalue weighted by Gasteiger charge is -2.21. The Hall–Kier alpha value is -1.95. The molecule has 2 aliphatic carbocycles. The second-order valence-corrected chi connectivity index (χ2v) is 6.02. The maximum Gasteiger partial charge on any atom is 0.525 e. The Morgan fingerprint density at radius 2 is 1.76 bits per heavy atom. The van der Waals surface area contributed by atoms with Crippen LogP contribution in [0.15, 0.2) is 42.2 Å². The van der Waals surface area contributed by atoms with Gasteiger partial charge in [-0.2, -0.15) is 0 Å². The van der Waals surface area contributed by atoms with Crippen LogP contribution >= 0.6 is 0 Å². The van der Waals surface area contributed by atoms with Crippen molar-refractivity contribution in [2.45, 2.75) is 44.6 Å². The third-order valence-electron chi connectivity index (χ3n) is 4.20. The Kier molecular flexibility index (Phi) is 5.68. The number of rotatable bonds is 6. The van der Waals surface area contributed by atoms with Crippen LogP contribution in [0, 0.1) is 6.42 Å². The van der Waals surface area contributed by atoms with E-state index in [0.717, 1.165) is 36.2 Å². The number of hydrogen-bond donors (Lipinski definition) is 0. The van der Waals surface area contributed by atoms with Crippen LogP contribution in [0.25, 0.3) is 5.57 Å². The van der Waals surface area contributed by atoms with Crippen molar-refractivity contribution in [1.29, 1.82) is 0 Å². The summed E-state index contributed by atoms with van der Waals surface area (Å²) in [7, 11) is 0. The summed E-state index contributed by atoms with van der Waals surface area (Å²) < 4.78 is 50.5. The second kappa shape index (κ2) is 7.95. The molecule has 0 bridgehead atoms. The Labute approximate surface area is 145 Å². The number of allylic oxidation sites excluding steroid dienone is 3. The summed E-state index contributed by atoms with van der Waals surface area (Å²) in [5.41, 5.74) is 1.95. The van der Waals surface area contributed by atoms with E-state index in [2.05, 4.69) is 17.2 Å². The lowest BCUT2D eigenvalue weighted by atomic mass is 9.97. The zero-order valence-corrected chi connectivity index (χ0v) is 13.7. The highest BCUT2D eigenvalue weighted by molar-refractivity contribution is 5.79. The summed E-state index contributed by atoms with van der Waals surface area (Å²) in [6.07, 6.45) is 7.10. The molecule has 0 spiro atoms. The highest BCUT2D eigenvalue weighted by Crippen LogP contribution is 2.33. The van der Waals surface area contributed by atoms with Gasteiger partial charge in [0.05, 0.1) is 6.10 Å². The van der Waals surface area contributed by atoms with Crippen molar-refractivity contribution in [3.8, 4) is 5.75 Å². The van der Waals surface area contributed by atoms with Crippen LogP contribution in [0.3, 0.4) is 0 Å². The molecule has 1 saturated carbocycles. The molecule has 3 rings (SSSR count). The van der Waals surface area contributed by atoms with E-state index in [4.69, 9.17) is 9.47 Å². The predicted molar refractivity (Wildman–Crippen MR) is 87.4 cm³/mol. The first-order valence-corrected chi connectivity index (χ1v) is 8.36. The molecule has 0 unspecified atom stereocenters. The number of halogens is 3. The first-order chi connectivity index (χ1) is 12.0. The minimum atomic E-state index is -4.69. The van der Waals surface area contributed by atoms with E-state index in [1.807, 2.05) is 18.2 Å². The lowest BCUT2D eigenvalue weighted by Crippen LogP contribution is -2.17. The maximum atomic E-state index is 11.9. The van der Waals surface area contributed by atoms with E-state index in [1.54, 1.807) is 12.1 Å². The normalized spacial score (nSPS) is 18.7. The molecule has 135 valence electrons. The van der Waals surface area contributed by atoms with Gasteiger partial charge < -0.3 is 9.47 Å². The Bertz CT molecular complexity index is 626. The number of alkyl halides is 3. The van der Waals surface area contributed by atoms with Crippen LogP contribution in [0.1, 0.15) is 37.7 Å². The summed E-state index contributed by atoms with van der Waals surface area (Å²) in [5, 5.41) is 0. The van der Waals surface area contributed by atoms with Gasteiger partial charge in [0, 0.05) is 5.57 Å². The SMILES string of the molecule is FC(F)(F)OCOc1ccc(C2=CC[CH]C=C2OC2CCCC2)cc1. The number of ether oxygens (including phenoxy) is 3. The van der Waals surface area contributed by atoms with Crippen molar-refractivity contribution >= 4 is 5.57 Å². The van der Waals surface area contributed by atoms with Crippen LogP contribution in [-0.4, -0.2) is 19.3 Å². The topological polar surface area (TPSA) is 27.7 Å². The highest BCUT2D eigenvalue weighted by Gasteiger charge is 2.29. The summed E-state index contributed by atoms with van der Waals surface area (Å²) in [5.74, 6) is 1.17. The van der Waals surface area contributed by atoms with E-state index >= 15 is 0 Å². The van der Waals surface area contributed by atoms with Crippen LogP contribution < -0.4 is 4.74 Å². The molecule has 25 heavy (non-hydrogen) atoms. The van der Waals surface area contributed by atoms with E-state index < -0.39 is 13.2 Å². The van der Waals surface area contributed by atoms with Crippen molar-refractivity contribution in [3.05, 3.63) is 54.2 Å². The molecule has 0 heterocycles. The molecule has 0 N–H and O–H groups in total. The smallest absolute Gasteiger partial charge is 0.490 e. The van der Waals surface area contributed by atoms with E-state index in [9.17, 15) is 13.2 Å². The van der Waals surface area contributed by atoms with Gasteiger partial charge in [0.2, 0.25) is 0 Å². The predicted octanol–water partition coefficient (Wildman–Crippen LogP) is 5.39. The molecule has 0 amide bonds. The fourth-order valence-corrected chi connectivity index (χ4v) is 3.00. The molecule has 1 aromatic rings. The fourth-order valence-electron chi connectivity index (χ4n) is 3.00. The quantitative estimate of drug-likeness (QED) is 0.642. The van der Waals surface area contributed by atoms with Crippen LogP contribution in [0.5, 0.6) is 5.75 Å². The van der Waals surface area contributed by atoms with Gasteiger partial charge in [0.15, 0.2) is 6.79 Å². The Balaban J connectivity index is 1.61. The van der Waals surface area contributed by atoms with Gasteiger partial charge >= 0.3 is 6.36 Å². The third kappa shape index (κ3) is 5.26. The molecule has 2 aliphatic rings. The largest absolute Gasteiger partial charge is 0.525 e. The fraction of sp³-hybridized carbons (Fsp3) is 0.421. The van der Waals surface area contributed by atoms with Gasteiger partial charge in [-0.25, -0.2) is 0 Å². The van der Waals surface area contributed by atoms with Crippen LogP contribution in [0.2, 0.25) is 0 Å². The van der Waals surface area contributed by atoms with E-state index in [0.29, 0.717) is 5.75 Å². The first kappa shape index (κ1) is 17.9. The molecule has 0 aliphatic heterocycles. The van der Waals surface area contributed by atoms with Gasteiger partial charge in [0.25, 0.3) is 0 Å². The molecular formula is C19H20F3O3. The molecular weight excluding hydrogens is 333 g/mol. The van der Waals surface area contributed by atoms with Crippen LogP contribution in [0.4, 0.5) is 13.2 Å². The zero-order chi connectivity index (χ0) is 17.7. The molecule has 0 saturated heterocycles. The van der Waals surface area contributed by atoms with Gasteiger partial charge in [-0.05, 0) is 62.3 Å². The van der Waals surface area contributed by atoms with Crippen molar-refractivity contribution < 1.29 is 27.4 Å². The summed E-state index contributed by atoms with van der Waals surface area (Å²) >= 11 is 0. The monoisotopic (exact) mass is 353 g/mol. The Morgan fingerprint density at radius 3 is 2.44 bits per heavy atom. The van der Waals surface area contributed by atoms with Crippen LogP contribution in [-0.2, 0) is 9.47 Å². The number of benzene rings is 1. The molecule has 3 nitrogen and oxygen atoms in total. The average Bonchev–Trinajstić information content (AvgIpc) is 3.08. The summed E-state index contributed by atoms with van der Waals surface area (Å²) in [6.45, 7) is -0.865. The van der Waals surface area contributed by atoms with Gasteiger partial charge in [-0.3, -0.25) is 4.74 Å². The highest BCUT2D eigenvalue weighted by atomic mass is 19.4. The number of hydrogen-bond acceptors (Lipinski definition) is 3. The van der Waals surface area contributed by atoms with Crippen molar-refractivity contribution in [2.24, 2.45) is 0 Å². The summed E-state index contributed by atoms with van der Waals surface area (Å²) in [6, 6.07) is 6.88. The molecule has 1 fully saturated rings. The van der Waals surface area contributed by atoms with Crippen molar-refractivity contribution in [2.75, 3.05) is 6.79 Å². The van der Waals surface area contributed by atoms with Gasteiger partial charge in [-0.1, -0.05) is 18.2 Å². The molecule has 1 aromatic carbocycles. The second-order valence-electron chi connectivity index (χ2n) is 6.02. The van der Waals surface area contributed by atoms with E-state index in [-0.39, 0.29) is 6.10 Å². The molecule has 0 atom stereocenters. The minimum Gasteiger partial charge on any atom is -0.490 e. The average molecular weight is 353 g/mol. The third-order valence-corrected chi connectivity index (χ3v) is 4.20. The summed E-state index contributed by atoms with van der Waals surface area (Å²) in [4.78, 5) is 0. The minimum absolute atomic E-state index is 0.267. The first-order valence-electron chi connectivity index (χ1n) is 8.36. The zero-order valence-electron chi connectivity index (χ0n) is 13.7. The molecule has 1 radical (unpaired) electrons. The van der Waals surface area contributed by atoms with E-state index in [1.165, 1.54) is 12.8 Å². The van der Waals surface area contributed by atoms with Crippen molar-refractivity contribution in [1.82, 2.24) is 0 Å². The molecule has 6 heteroatoms. The molecule has 0 aromatic heterocycles. The maximum absolute atomic E-state index is 11.9. The van der Waals surface area contributed by atoms with Crippen molar-refractivity contribution in [3.63, 3.8) is 0 Å². The van der Waals surface area contributed by atoms with Gasteiger partial charge in [-0.15, -0.1) is 13.2 Å². The standard InChI is InChI=1S/C19H20F3O3/c20-19(21,22)24-13-23-15-11-9-14(10-12-15)17-7-3-4-8-18(17)25-16-5-1-2-6-16/h4,7-12,16H,1-3,5-6,13H2. The Morgan fingerprint density at radius 1 is 1.04 bits per heavy atom. The lowest BCUT2D eigenvalue weighted by molar-refractivity contribution is -0.341. The van der Waals surface area contributed by atoms with Gasteiger partial charge in [0.1, 0.15) is 11.5 Å².